The van der Waals surface area contributed by atoms with Gasteiger partial charge in [0.05, 0.1) is 17.6 Å². The van der Waals surface area contributed by atoms with Crippen LogP contribution in [0, 0.1) is 0 Å². The second kappa shape index (κ2) is 5.71. The number of rotatable bonds is 3. The zero-order valence-corrected chi connectivity index (χ0v) is 13.3. The van der Waals surface area contributed by atoms with Crippen LogP contribution in [0.5, 0.6) is 0 Å². The highest BCUT2D eigenvalue weighted by molar-refractivity contribution is 6.03. The van der Waals surface area contributed by atoms with Gasteiger partial charge in [-0.05, 0) is 6.07 Å². The third-order valence-electron chi connectivity index (χ3n) is 3.11. The molecule has 0 unspecified atom stereocenters. The lowest BCUT2D eigenvalue weighted by atomic mass is 9.92. The Bertz CT molecular complexity index is 709. The second-order valence-electron chi connectivity index (χ2n) is 6.28. The van der Waals surface area contributed by atoms with Crippen LogP contribution in [-0.4, -0.2) is 31.6 Å². The Balaban J connectivity index is 2.12. The number of carbonyl (C=O) groups excluding carboxylic acids is 1. The topological polar surface area (TPSA) is 64.7 Å². The summed E-state index contributed by atoms with van der Waals surface area (Å²) in [5.74, 6) is -0.456. The quantitative estimate of drug-likeness (QED) is 0.942. The maximum Gasteiger partial charge on any atom is 0.408 e. The Morgan fingerprint density at radius 3 is 2.48 bits per heavy atom. The fourth-order valence-electron chi connectivity index (χ4n) is 1.94. The van der Waals surface area contributed by atoms with Gasteiger partial charge in [-0.3, -0.25) is 14.2 Å². The van der Waals surface area contributed by atoms with Gasteiger partial charge in [0.1, 0.15) is 12.2 Å². The van der Waals surface area contributed by atoms with Gasteiger partial charge in [0.25, 0.3) is 5.91 Å². The molecule has 0 aromatic carbocycles. The van der Waals surface area contributed by atoms with E-state index in [9.17, 15) is 18.0 Å². The first-order valence-corrected chi connectivity index (χ1v) is 6.91. The van der Waals surface area contributed by atoms with Crippen LogP contribution in [0.25, 0.3) is 0 Å². The minimum atomic E-state index is -4.36. The maximum absolute atomic E-state index is 12.3. The molecule has 2 aromatic heterocycles. The van der Waals surface area contributed by atoms with Gasteiger partial charge in [-0.15, -0.1) is 0 Å². The highest BCUT2D eigenvalue weighted by Crippen LogP contribution is 2.22. The second-order valence-corrected chi connectivity index (χ2v) is 6.28. The fraction of sp³-hybridized carbons (Fsp3) is 0.500. The Morgan fingerprint density at radius 2 is 1.96 bits per heavy atom. The summed E-state index contributed by atoms with van der Waals surface area (Å²) in [6, 6.07) is 1.66. The molecule has 0 bridgehead atoms. The van der Waals surface area contributed by atoms with E-state index in [1.165, 1.54) is 10.9 Å². The number of aryl methyl sites for hydroxylation is 1. The number of carbonyl (C=O) groups is 1. The van der Waals surface area contributed by atoms with Crippen molar-refractivity contribution in [2.75, 3.05) is 5.32 Å². The highest BCUT2D eigenvalue weighted by atomic mass is 19.4. The molecular formula is C14H18F3N5O. The number of hydrogen-bond acceptors (Lipinski definition) is 3. The van der Waals surface area contributed by atoms with Crippen LogP contribution < -0.4 is 5.32 Å². The molecule has 0 fully saturated rings. The number of nitrogens with zero attached hydrogens (tertiary/aromatic N) is 4. The molecule has 2 heterocycles. The van der Waals surface area contributed by atoms with E-state index in [0.29, 0.717) is 5.69 Å². The van der Waals surface area contributed by atoms with Gasteiger partial charge in [0.15, 0.2) is 0 Å². The largest absolute Gasteiger partial charge is 0.408 e. The van der Waals surface area contributed by atoms with Gasteiger partial charge in [-0.25, -0.2) is 0 Å². The van der Waals surface area contributed by atoms with Crippen molar-refractivity contribution in [3.8, 4) is 0 Å². The number of aromatic nitrogens is 4. The monoisotopic (exact) mass is 329 g/mol. The van der Waals surface area contributed by atoms with Gasteiger partial charge in [0, 0.05) is 18.7 Å². The SMILES string of the molecule is Cn1nc(C(C)(C)C)cc1C(=O)Nc1cnn(CC(F)(F)F)c1. The van der Waals surface area contributed by atoms with Gasteiger partial charge in [0.2, 0.25) is 0 Å². The highest BCUT2D eigenvalue weighted by Gasteiger charge is 2.28. The summed E-state index contributed by atoms with van der Waals surface area (Å²) in [6.07, 6.45) is -2.06. The molecule has 1 N–H and O–H groups in total. The van der Waals surface area contributed by atoms with Crippen molar-refractivity contribution in [2.24, 2.45) is 7.05 Å². The minimum Gasteiger partial charge on any atom is -0.318 e. The molecule has 1 amide bonds. The van der Waals surface area contributed by atoms with Crippen LogP contribution in [0.2, 0.25) is 0 Å². The Kier molecular flexibility index (Phi) is 4.23. The van der Waals surface area contributed by atoms with Crippen molar-refractivity contribution in [1.82, 2.24) is 19.6 Å². The lowest BCUT2D eigenvalue weighted by Crippen LogP contribution is -2.18. The molecule has 2 rings (SSSR count). The molecular weight excluding hydrogens is 311 g/mol. The molecule has 0 aliphatic heterocycles. The molecule has 126 valence electrons. The number of halogens is 3. The van der Waals surface area contributed by atoms with E-state index >= 15 is 0 Å². The molecule has 0 atom stereocenters. The summed E-state index contributed by atoms with van der Waals surface area (Å²) in [7, 11) is 1.64. The van der Waals surface area contributed by atoms with Crippen molar-refractivity contribution < 1.29 is 18.0 Å². The van der Waals surface area contributed by atoms with Crippen molar-refractivity contribution >= 4 is 11.6 Å². The van der Waals surface area contributed by atoms with Crippen LogP contribution in [-0.2, 0) is 19.0 Å². The number of hydrogen-bond donors (Lipinski definition) is 1. The molecule has 2 aromatic rings. The smallest absolute Gasteiger partial charge is 0.318 e. The molecule has 9 heteroatoms. The van der Waals surface area contributed by atoms with Crippen LogP contribution in [0.4, 0.5) is 18.9 Å². The summed E-state index contributed by atoms with van der Waals surface area (Å²) in [5.41, 5.74) is 1.04. The van der Waals surface area contributed by atoms with E-state index in [-0.39, 0.29) is 11.1 Å². The van der Waals surface area contributed by atoms with Crippen molar-refractivity contribution in [3.63, 3.8) is 0 Å². The van der Waals surface area contributed by atoms with E-state index in [0.717, 1.165) is 16.6 Å². The number of amides is 1. The van der Waals surface area contributed by atoms with Crippen LogP contribution >= 0.6 is 0 Å². The average Bonchev–Trinajstić information content (AvgIpc) is 2.93. The zero-order chi connectivity index (χ0) is 17.4. The van der Waals surface area contributed by atoms with E-state index < -0.39 is 18.6 Å². The van der Waals surface area contributed by atoms with E-state index in [1.54, 1.807) is 13.1 Å². The number of anilines is 1. The van der Waals surface area contributed by atoms with Crippen LogP contribution in [0.1, 0.15) is 37.0 Å². The third-order valence-corrected chi connectivity index (χ3v) is 3.11. The van der Waals surface area contributed by atoms with Gasteiger partial charge >= 0.3 is 6.18 Å². The predicted molar refractivity (Wildman–Crippen MR) is 78.1 cm³/mol. The molecule has 0 saturated heterocycles. The van der Waals surface area contributed by atoms with E-state index in [2.05, 4.69) is 15.5 Å². The Labute approximate surface area is 131 Å². The molecule has 0 spiro atoms. The van der Waals surface area contributed by atoms with E-state index in [1.807, 2.05) is 20.8 Å². The third kappa shape index (κ3) is 4.33. The fourth-order valence-corrected chi connectivity index (χ4v) is 1.94. The molecule has 6 nitrogen and oxygen atoms in total. The molecule has 0 radical (unpaired) electrons. The minimum absolute atomic E-state index is 0.192. The van der Waals surface area contributed by atoms with Crippen LogP contribution in [0.3, 0.4) is 0 Å². The summed E-state index contributed by atoms with van der Waals surface area (Å²) in [5, 5.41) is 10.4. The molecule has 0 saturated carbocycles. The molecule has 23 heavy (non-hydrogen) atoms. The standard InChI is InChI=1S/C14H18F3N5O/c1-13(2,3)11-5-10(21(4)20-11)12(23)19-9-6-18-22(7-9)8-14(15,16)17/h5-7H,8H2,1-4H3,(H,19,23). The first-order chi connectivity index (χ1) is 10.5. The predicted octanol–water partition coefficient (Wildman–Crippen LogP) is 2.73. The first-order valence-electron chi connectivity index (χ1n) is 6.91. The zero-order valence-electron chi connectivity index (χ0n) is 13.3. The van der Waals surface area contributed by atoms with Gasteiger partial charge in [-0.2, -0.15) is 23.4 Å². The lowest BCUT2D eigenvalue weighted by molar-refractivity contribution is -0.142. The summed E-state index contributed by atoms with van der Waals surface area (Å²) in [6.45, 7) is 4.71. The molecule has 0 aliphatic rings. The Hall–Kier alpha value is -2.32. The first kappa shape index (κ1) is 17.0. The normalized spacial score (nSPS) is 12.5. The maximum atomic E-state index is 12.3. The van der Waals surface area contributed by atoms with Crippen molar-refractivity contribution in [3.05, 3.63) is 29.8 Å². The van der Waals surface area contributed by atoms with Gasteiger partial charge in [-0.1, -0.05) is 20.8 Å². The number of alkyl halides is 3. The van der Waals surface area contributed by atoms with E-state index in [4.69, 9.17) is 0 Å². The van der Waals surface area contributed by atoms with Crippen molar-refractivity contribution in [1.29, 1.82) is 0 Å². The average molecular weight is 329 g/mol. The van der Waals surface area contributed by atoms with Gasteiger partial charge < -0.3 is 5.32 Å². The lowest BCUT2D eigenvalue weighted by Gasteiger charge is -2.13. The Morgan fingerprint density at radius 1 is 1.30 bits per heavy atom. The summed E-state index contributed by atoms with van der Waals surface area (Å²) in [4.78, 5) is 12.2. The van der Waals surface area contributed by atoms with Crippen molar-refractivity contribution in [2.45, 2.75) is 38.9 Å². The molecule has 0 aliphatic carbocycles. The summed E-state index contributed by atoms with van der Waals surface area (Å²) >= 11 is 0. The number of nitrogens with one attached hydrogen (secondary N) is 1. The summed E-state index contributed by atoms with van der Waals surface area (Å²) < 4.78 is 39.0. The van der Waals surface area contributed by atoms with Crippen LogP contribution in [0.15, 0.2) is 18.5 Å².